The van der Waals surface area contributed by atoms with Crippen molar-refractivity contribution in [2.75, 3.05) is 13.2 Å². The predicted octanol–water partition coefficient (Wildman–Crippen LogP) is 2.79. The third-order valence-corrected chi connectivity index (χ3v) is 4.00. The van der Waals surface area contributed by atoms with Crippen LogP contribution in [0.1, 0.15) is 24.1 Å². The first-order valence-electron chi connectivity index (χ1n) is 4.77. The van der Waals surface area contributed by atoms with Crippen LogP contribution in [-0.4, -0.2) is 18.3 Å². The molecular formula is C10H13ClO2S. The minimum Gasteiger partial charge on any atom is -0.384 e. The van der Waals surface area contributed by atoms with Crippen molar-refractivity contribution < 1.29 is 9.84 Å². The highest BCUT2D eigenvalue weighted by Crippen LogP contribution is 2.37. The lowest BCUT2D eigenvalue weighted by atomic mass is 9.93. The Morgan fingerprint density at radius 1 is 1.36 bits per heavy atom. The highest BCUT2D eigenvalue weighted by molar-refractivity contribution is 7.16. The number of thiophene rings is 1. The third kappa shape index (κ3) is 2.11. The van der Waals surface area contributed by atoms with Crippen molar-refractivity contribution in [1.29, 1.82) is 0 Å². The zero-order valence-corrected chi connectivity index (χ0v) is 9.40. The number of rotatable bonds is 1. The minimum atomic E-state index is -0.714. The Morgan fingerprint density at radius 3 is 2.93 bits per heavy atom. The molecule has 2 rings (SSSR count). The van der Waals surface area contributed by atoms with Gasteiger partial charge in [-0.05, 0) is 25.0 Å². The summed E-state index contributed by atoms with van der Waals surface area (Å²) in [5, 5.41) is 10.4. The van der Waals surface area contributed by atoms with Crippen LogP contribution < -0.4 is 0 Å². The largest absolute Gasteiger partial charge is 0.384 e. The number of hydrogen-bond acceptors (Lipinski definition) is 3. The molecule has 0 spiro atoms. The second-order valence-electron chi connectivity index (χ2n) is 3.60. The molecular weight excluding hydrogens is 220 g/mol. The summed E-state index contributed by atoms with van der Waals surface area (Å²) in [6.07, 6.45) is 2.35. The van der Waals surface area contributed by atoms with E-state index in [0.29, 0.717) is 13.0 Å². The quantitative estimate of drug-likeness (QED) is 0.807. The summed E-state index contributed by atoms with van der Waals surface area (Å²) in [6, 6.07) is 3.75. The Bertz CT molecular complexity index is 303. The average Bonchev–Trinajstić information content (AvgIpc) is 2.47. The topological polar surface area (TPSA) is 29.5 Å². The van der Waals surface area contributed by atoms with E-state index in [-0.39, 0.29) is 0 Å². The summed E-state index contributed by atoms with van der Waals surface area (Å²) < 4.78 is 6.06. The number of halogens is 1. The molecule has 0 saturated carbocycles. The van der Waals surface area contributed by atoms with Crippen molar-refractivity contribution in [2.24, 2.45) is 0 Å². The molecule has 78 valence electrons. The Balaban J connectivity index is 2.20. The van der Waals surface area contributed by atoms with Crippen LogP contribution in [0.5, 0.6) is 0 Å². The van der Waals surface area contributed by atoms with Gasteiger partial charge in [0, 0.05) is 24.5 Å². The second-order valence-corrected chi connectivity index (χ2v) is 5.32. The highest BCUT2D eigenvalue weighted by atomic mass is 35.5. The summed E-state index contributed by atoms with van der Waals surface area (Å²) in [7, 11) is 0. The number of aliphatic hydroxyl groups is 1. The van der Waals surface area contributed by atoms with E-state index >= 15 is 0 Å². The van der Waals surface area contributed by atoms with Crippen LogP contribution in [0.2, 0.25) is 4.34 Å². The first-order valence-corrected chi connectivity index (χ1v) is 5.96. The fourth-order valence-electron chi connectivity index (χ4n) is 1.75. The van der Waals surface area contributed by atoms with E-state index in [1.807, 2.05) is 12.1 Å². The molecule has 1 saturated heterocycles. The number of ether oxygens (including phenoxy) is 1. The zero-order chi connectivity index (χ0) is 10.0. The monoisotopic (exact) mass is 232 g/mol. The molecule has 0 aromatic carbocycles. The predicted molar refractivity (Wildman–Crippen MR) is 57.9 cm³/mol. The van der Waals surface area contributed by atoms with Crippen molar-refractivity contribution in [3.63, 3.8) is 0 Å². The van der Waals surface area contributed by atoms with Gasteiger partial charge in [-0.3, -0.25) is 0 Å². The van der Waals surface area contributed by atoms with E-state index < -0.39 is 5.60 Å². The van der Waals surface area contributed by atoms with E-state index in [9.17, 15) is 5.11 Å². The molecule has 1 N–H and O–H groups in total. The zero-order valence-electron chi connectivity index (χ0n) is 7.83. The standard InChI is InChI=1S/C10H13ClO2S/c11-9-3-2-8(14-9)10(12)4-1-6-13-7-5-10/h2-3,12H,1,4-7H2. The van der Waals surface area contributed by atoms with Crippen molar-refractivity contribution in [1.82, 2.24) is 0 Å². The second kappa shape index (κ2) is 4.19. The Labute approximate surface area is 92.5 Å². The van der Waals surface area contributed by atoms with Gasteiger partial charge in [0.15, 0.2) is 0 Å². The van der Waals surface area contributed by atoms with E-state index in [1.165, 1.54) is 11.3 Å². The highest BCUT2D eigenvalue weighted by Gasteiger charge is 2.31. The lowest BCUT2D eigenvalue weighted by molar-refractivity contribution is 0.0178. The Kier molecular flexibility index (Phi) is 3.12. The van der Waals surface area contributed by atoms with Gasteiger partial charge in [0.05, 0.1) is 4.34 Å². The smallest absolute Gasteiger partial charge is 0.101 e. The Morgan fingerprint density at radius 2 is 2.21 bits per heavy atom. The molecule has 1 aliphatic heterocycles. The maximum Gasteiger partial charge on any atom is 0.101 e. The molecule has 1 unspecified atom stereocenters. The molecule has 1 atom stereocenters. The molecule has 0 bridgehead atoms. The van der Waals surface area contributed by atoms with Gasteiger partial charge < -0.3 is 9.84 Å². The summed E-state index contributed by atoms with van der Waals surface area (Å²) in [5.74, 6) is 0. The molecule has 4 heteroatoms. The molecule has 1 fully saturated rings. The minimum absolute atomic E-state index is 0.631. The molecule has 0 radical (unpaired) electrons. The van der Waals surface area contributed by atoms with Crippen LogP contribution >= 0.6 is 22.9 Å². The van der Waals surface area contributed by atoms with Gasteiger partial charge in [-0.2, -0.15) is 0 Å². The van der Waals surface area contributed by atoms with Gasteiger partial charge in [0.1, 0.15) is 5.60 Å². The number of hydrogen-bond donors (Lipinski definition) is 1. The van der Waals surface area contributed by atoms with E-state index in [1.54, 1.807) is 0 Å². The molecule has 2 nitrogen and oxygen atoms in total. The van der Waals surface area contributed by atoms with Crippen LogP contribution in [0.25, 0.3) is 0 Å². The van der Waals surface area contributed by atoms with Gasteiger partial charge >= 0.3 is 0 Å². The summed E-state index contributed by atoms with van der Waals surface area (Å²) >= 11 is 7.32. The Hall–Kier alpha value is -0.0900. The molecule has 0 aliphatic carbocycles. The van der Waals surface area contributed by atoms with Crippen molar-refractivity contribution in [3.05, 3.63) is 21.3 Å². The normalized spacial score (nSPS) is 28.7. The summed E-state index contributed by atoms with van der Waals surface area (Å²) in [4.78, 5) is 0.966. The van der Waals surface area contributed by atoms with Gasteiger partial charge in [0.2, 0.25) is 0 Å². The van der Waals surface area contributed by atoms with E-state index in [4.69, 9.17) is 16.3 Å². The van der Waals surface area contributed by atoms with Crippen molar-refractivity contribution in [2.45, 2.75) is 24.9 Å². The van der Waals surface area contributed by atoms with Crippen LogP contribution in [-0.2, 0) is 10.3 Å². The van der Waals surface area contributed by atoms with Gasteiger partial charge in [0.25, 0.3) is 0 Å². The maximum atomic E-state index is 10.4. The molecule has 2 heterocycles. The lowest BCUT2D eigenvalue weighted by Gasteiger charge is -2.24. The van der Waals surface area contributed by atoms with Crippen molar-refractivity contribution in [3.8, 4) is 0 Å². The van der Waals surface area contributed by atoms with Gasteiger partial charge in [-0.15, -0.1) is 11.3 Å². The molecule has 0 amide bonds. The first kappa shape index (κ1) is 10.4. The fraction of sp³-hybridized carbons (Fsp3) is 0.600. The lowest BCUT2D eigenvalue weighted by Crippen LogP contribution is -2.24. The summed E-state index contributed by atoms with van der Waals surface area (Å²) in [5.41, 5.74) is -0.714. The van der Waals surface area contributed by atoms with E-state index in [0.717, 1.165) is 28.7 Å². The maximum absolute atomic E-state index is 10.4. The SMILES string of the molecule is OC1(c2ccc(Cl)s2)CCCOCC1. The van der Waals surface area contributed by atoms with Crippen LogP contribution in [0.3, 0.4) is 0 Å². The summed E-state index contributed by atoms with van der Waals surface area (Å²) in [6.45, 7) is 1.38. The van der Waals surface area contributed by atoms with Gasteiger partial charge in [-0.1, -0.05) is 11.6 Å². The van der Waals surface area contributed by atoms with Crippen LogP contribution in [0, 0.1) is 0 Å². The third-order valence-electron chi connectivity index (χ3n) is 2.57. The van der Waals surface area contributed by atoms with Crippen LogP contribution in [0.4, 0.5) is 0 Å². The van der Waals surface area contributed by atoms with Crippen LogP contribution in [0.15, 0.2) is 12.1 Å². The molecule has 14 heavy (non-hydrogen) atoms. The molecule has 1 aromatic rings. The fourth-order valence-corrected chi connectivity index (χ4v) is 2.93. The van der Waals surface area contributed by atoms with Gasteiger partial charge in [-0.25, -0.2) is 0 Å². The average molecular weight is 233 g/mol. The van der Waals surface area contributed by atoms with Crippen molar-refractivity contribution >= 4 is 22.9 Å². The molecule has 1 aliphatic rings. The molecule has 1 aromatic heterocycles. The van der Waals surface area contributed by atoms with E-state index in [2.05, 4.69) is 0 Å². The first-order chi connectivity index (χ1) is 6.71.